The fourth-order valence-electron chi connectivity index (χ4n) is 1.42. The molecule has 0 atom stereocenters. The topological polar surface area (TPSA) is 23.6 Å². The highest BCUT2D eigenvalue weighted by Gasteiger charge is 2.19. The lowest BCUT2D eigenvalue weighted by atomic mass is 10.2. The molecular formula is C12H16F2N2O. The Morgan fingerprint density at radius 2 is 1.71 bits per heavy atom. The Kier molecular flexibility index (Phi) is 4.43. The van der Waals surface area contributed by atoms with Gasteiger partial charge in [-0.1, -0.05) is 12.1 Å². The Labute approximate surface area is 99.6 Å². The molecule has 1 aromatic carbocycles. The molecule has 5 heteroatoms. The van der Waals surface area contributed by atoms with Crippen LogP contribution in [0.4, 0.5) is 14.5 Å². The largest absolute Gasteiger partial charge is 0.378 e. The minimum atomic E-state index is -2.94. The van der Waals surface area contributed by atoms with Crippen LogP contribution >= 0.6 is 0 Å². The molecule has 0 saturated heterocycles. The van der Waals surface area contributed by atoms with E-state index in [9.17, 15) is 13.6 Å². The van der Waals surface area contributed by atoms with Gasteiger partial charge < -0.3 is 9.80 Å². The van der Waals surface area contributed by atoms with Crippen LogP contribution in [0.5, 0.6) is 0 Å². The Morgan fingerprint density at radius 1 is 1.18 bits per heavy atom. The van der Waals surface area contributed by atoms with Crippen LogP contribution in [-0.2, 0) is 11.3 Å². The highest BCUT2D eigenvalue weighted by molar-refractivity contribution is 5.79. The van der Waals surface area contributed by atoms with E-state index in [0.717, 1.165) is 16.2 Å². The molecular weight excluding hydrogens is 226 g/mol. The van der Waals surface area contributed by atoms with Crippen LogP contribution in [0, 0.1) is 0 Å². The summed E-state index contributed by atoms with van der Waals surface area (Å²) in [6.45, 7) is 0.191. The SMILES string of the molecule is CN(Cc1ccc(N(C)C)cc1)C(=O)C(F)F. The van der Waals surface area contributed by atoms with Crippen molar-refractivity contribution in [2.24, 2.45) is 0 Å². The molecule has 0 heterocycles. The lowest BCUT2D eigenvalue weighted by Gasteiger charge is -2.17. The van der Waals surface area contributed by atoms with E-state index in [1.54, 1.807) is 0 Å². The first-order chi connectivity index (χ1) is 7.91. The first kappa shape index (κ1) is 13.4. The smallest absolute Gasteiger partial charge is 0.315 e. The van der Waals surface area contributed by atoms with E-state index in [0.29, 0.717) is 0 Å². The molecule has 0 N–H and O–H groups in total. The van der Waals surface area contributed by atoms with Crippen molar-refractivity contribution in [2.45, 2.75) is 13.0 Å². The van der Waals surface area contributed by atoms with Gasteiger partial charge >= 0.3 is 6.43 Å². The zero-order valence-corrected chi connectivity index (χ0v) is 10.2. The van der Waals surface area contributed by atoms with Crippen molar-refractivity contribution in [3.63, 3.8) is 0 Å². The van der Waals surface area contributed by atoms with E-state index in [1.807, 2.05) is 43.3 Å². The average molecular weight is 242 g/mol. The van der Waals surface area contributed by atoms with E-state index < -0.39 is 12.3 Å². The van der Waals surface area contributed by atoms with Gasteiger partial charge in [0.15, 0.2) is 0 Å². The second kappa shape index (κ2) is 5.61. The van der Waals surface area contributed by atoms with Crippen molar-refractivity contribution < 1.29 is 13.6 Å². The maximum absolute atomic E-state index is 12.2. The molecule has 0 saturated carbocycles. The van der Waals surface area contributed by atoms with Crippen LogP contribution in [0.1, 0.15) is 5.56 Å². The summed E-state index contributed by atoms with van der Waals surface area (Å²) in [5.74, 6) is -1.15. The number of hydrogen-bond acceptors (Lipinski definition) is 2. The van der Waals surface area contributed by atoms with Crippen LogP contribution in [-0.4, -0.2) is 38.4 Å². The van der Waals surface area contributed by atoms with Crippen LogP contribution in [0.2, 0.25) is 0 Å². The second-order valence-corrected chi connectivity index (χ2v) is 4.06. The van der Waals surface area contributed by atoms with Gasteiger partial charge in [0, 0.05) is 33.4 Å². The molecule has 0 aliphatic heterocycles. The van der Waals surface area contributed by atoms with Gasteiger partial charge in [0.05, 0.1) is 0 Å². The number of hydrogen-bond donors (Lipinski definition) is 0. The van der Waals surface area contributed by atoms with Crippen molar-refractivity contribution in [2.75, 3.05) is 26.0 Å². The molecule has 1 amide bonds. The van der Waals surface area contributed by atoms with Gasteiger partial charge in [-0.2, -0.15) is 8.78 Å². The molecule has 17 heavy (non-hydrogen) atoms. The summed E-state index contributed by atoms with van der Waals surface area (Å²) in [5.41, 5.74) is 1.85. The quantitative estimate of drug-likeness (QED) is 0.806. The summed E-state index contributed by atoms with van der Waals surface area (Å²) >= 11 is 0. The third kappa shape index (κ3) is 3.69. The highest BCUT2D eigenvalue weighted by atomic mass is 19.3. The standard InChI is InChI=1S/C12H16F2N2O/c1-15(2)10-6-4-9(5-7-10)8-16(3)12(17)11(13)14/h4-7,11H,8H2,1-3H3. The van der Waals surface area contributed by atoms with Crippen molar-refractivity contribution >= 4 is 11.6 Å². The molecule has 0 unspecified atom stereocenters. The number of alkyl halides is 2. The normalized spacial score (nSPS) is 10.5. The molecule has 0 fully saturated rings. The Hall–Kier alpha value is -1.65. The number of benzene rings is 1. The lowest BCUT2D eigenvalue weighted by Crippen LogP contribution is -2.31. The van der Waals surface area contributed by atoms with E-state index in [-0.39, 0.29) is 6.54 Å². The number of rotatable bonds is 4. The van der Waals surface area contributed by atoms with Crippen molar-refractivity contribution in [1.29, 1.82) is 0 Å². The van der Waals surface area contributed by atoms with Crippen LogP contribution in [0.15, 0.2) is 24.3 Å². The summed E-state index contributed by atoms with van der Waals surface area (Å²) < 4.78 is 24.3. The first-order valence-electron chi connectivity index (χ1n) is 5.21. The molecule has 3 nitrogen and oxygen atoms in total. The Balaban J connectivity index is 2.66. The molecule has 0 spiro atoms. The molecule has 1 aromatic rings. The maximum atomic E-state index is 12.2. The predicted octanol–water partition coefficient (Wildman–Crippen LogP) is 1.98. The minimum Gasteiger partial charge on any atom is -0.378 e. The predicted molar refractivity (Wildman–Crippen MR) is 63.2 cm³/mol. The van der Waals surface area contributed by atoms with Crippen molar-refractivity contribution in [3.8, 4) is 0 Å². The van der Waals surface area contributed by atoms with Gasteiger partial charge in [0.25, 0.3) is 5.91 Å². The summed E-state index contributed by atoms with van der Waals surface area (Å²) in [7, 11) is 5.21. The zero-order chi connectivity index (χ0) is 13.0. The second-order valence-electron chi connectivity index (χ2n) is 4.06. The van der Waals surface area contributed by atoms with Gasteiger partial charge in [-0.05, 0) is 17.7 Å². The van der Waals surface area contributed by atoms with E-state index in [2.05, 4.69) is 0 Å². The van der Waals surface area contributed by atoms with Crippen molar-refractivity contribution in [3.05, 3.63) is 29.8 Å². The fourth-order valence-corrected chi connectivity index (χ4v) is 1.42. The van der Waals surface area contributed by atoms with E-state index >= 15 is 0 Å². The summed E-state index contributed by atoms with van der Waals surface area (Å²) in [5, 5.41) is 0. The monoisotopic (exact) mass is 242 g/mol. The van der Waals surface area contributed by atoms with Gasteiger partial charge in [-0.25, -0.2) is 0 Å². The third-order valence-corrected chi connectivity index (χ3v) is 2.44. The van der Waals surface area contributed by atoms with E-state index in [4.69, 9.17) is 0 Å². The highest BCUT2D eigenvalue weighted by Crippen LogP contribution is 2.13. The number of carbonyl (C=O) groups excluding carboxylic acids is 1. The Morgan fingerprint density at radius 3 is 2.12 bits per heavy atom. The maximum Gasteiger partial charge on any atom is 0.315 e. The number of amides is 1. The lowest BCUT2D eigenvalue weighted by molar-refractivity contribution is -0.141. The first-order valence-corrected chi connectivity index (χ1v) is 5.21. The molecule has 0 radical (unpaired) electrons. The summed E-state index contributed by atoms with van der Waals surface area (Å²) in [4.78, 5) is 14.0. The van der Waals surface area contributed by atoms with Crippen LogP contribution in [0.3, 0.4) is 0 Å². The summed E-state index contributed by atoms with van der Waals surface area (Å²) in [6, 6.07) is 7.42. The molecule has 0 aliphatic rings. The van der Waals surface area contributed by atoms with Gasteiger partial charge in [0.2, 0.25) is 0 Å². The molecule has 0 aliphatic carbocycles. The van der Waals surface area contributed by atoms with Gasteiger partial charge in [-0.15, -0.1) is 0 Å². The van der Waals surface area contributed by atoms with Gasteiger partial charge in [0.1, 0.15) is 0 Å². The number of halogens is 2. The molecule has 1 rings (SSSR count). The number of nitrogens with zero attached hydrogens (tertiary/aromatic N) is 2. The van der Waals surface area contributed by atoms with Crippen LogP contribution in [0.25, 0.3) is 0 Å². The third-order valence-electron chi connectivity index (χ3n) is 2.44. The van der Waals surface area contributed by atoms with E-state index in [1.165, 1.54) is 7.05 Å². The number of carbonyl (C=O) groups is 1. The Bertz CT molecular complexity index is 377. The van der Waals surface area contributed by atoms with Crippen molar-refractivity contribution in [1.82, 2.24) is 4.90 Å². The molecule has 0 aromatic heterocycles. The minimum absolute atomic E-state index is 0.191. The average Bonchev–Trinajstić information content (AvgIpc) is 2.28. The fraction of sp³-hybridized carbons (Fsp3) is 0.417. The summed E-state index contributed by atoms with van der Waals surface area (Å²) in [6.07, 6.45) is -2.94. The molecule has 0 bridgehead atoms. The van der Waals surface area contributed by atoms with Gasteiger partial charge in [-0.3, -0.25) is 4.79 Å². The van der Waals surface area contributed by atoms with Crippen LogP contribution < -0.4 is 4.90 Å². The number of anilines is 1. The molecule has 94 valence electrons. The zero-order valence-electron chi connectivity index (χ0n) is 10.2.